The van der Waals surface area contributed by atoms with Gasteiger partial charge in [0, 0.05) is 30.9 Å². The molecule has 3 aromatic rings. The second-order valence-corrected chi connectivity index (χ2v) is 12.0. The van der Waals surface area contributed by atoms with Crippen LogP contribution in [0.2, 0.25) is 0 Å². The van der Waals surface area contributed by atoms with E-state index in [0.29, 0.717) is 30.8 Å². The molecule has 6 rings (SSSR count). The number of amides is 2. The molecule has 2 atom stereocenters. The zero-order chi connectivity index (χ0) is 28.4. The van der Waals surface area contributed by atoms with Gasteiger partial charge in [-0.1, -0.05) is 36.4 Å². The van der Waals surface area contributed by atoms with Crippen molar-refractivity contribution in [3.05, 3.63) is 100 Å². The molecule has 1 aliphatic carbocycles. The van der Waals surface area contributed by atoms with Gasteiger partial charge < -0.3 is 10.2 Å². The summed E-state index contributed by atoms with van der Waals surface area (Å²) in [6.07, 6.45) is 6.79. The van der Waals surface area contributed by atoms with Crippen LogP contribution in [0, 0.1) is 11.6 Å². The molecular formula is C32H32F2N4O2. The third-order valence-electron chi connectivity index (χ3n) is 9.15. The van der Waals surface area contributed by atoms with Crippen LogP contribution in [0.3, 0.4) is 0 Å². The highest BCUT2D eigenvalue weighted by molar-refractivity contribution is 6.06. The molecule has 1 spiro atoms. The molecule has 2 aliphatic heterocycles. The molecule has 0 saturated carbocycles. The molecule has 0 unspecified atom stereocenters. The molecule has 3 aliphatic rings. The molecule has 2 amide bonds. The Labute approximate surface area is 232 Å². The number of carbonyl (C=O) groups excluding carboxylic acids is 2. The first-order valence-corrected chi connectivity index (χ1v) is 13.5. The van der Waals surface area contributed by atoms with Crippen molar-refractivity contribution in [2.45, 2.75) is 50.1 Å². The Kier molecular flexibility index (Phi) is 5.96. The first kappa shape index (κ1) is 26.3. The lowest BCUT2D eigenvalue weighted by atomic mass is 9.79. The first-order valence-electron chi connectivity index (χ1n) is 13.5. The average molecular weight is 542 g/mol. The van der Waals surface area contributed by atoms with Crippen LogP contribution in [0.25, 0.3) is 6.08 Å². The molecule has 0 bridgehead atoms. The van der Waals surface area contributed by atoms with Gasteiger partial charge >= 0.3 is 0 Å². The van der Waals surface area contributed by atoms with Crippen molar-refractivity contribution in [3.63, 3.8) is 0 Å². The van der Waals surface area contributed by atoms with E-state index in [2.05, 4.69) is 22.4 Å². The number of nitrogens with zero attached hydrogens (tertiary/aromatic N) is 3. The smallest absolute Gasteiger partial charge is 0.243 e. The van der Waals surface area contributed by atoms with Gasteiger partial charge in [0.1, 0.15) is 17.5 Å². The van der Waals surface area contributed by atoms with Crippen LogP contribution in [0.1, 0.15) is 48.6 Å². The summed E-state index contributed by atoms with van der Waals surface area (Å²) < 4.78 is 28.5. The minimum atomic E-state index is -0.934. The molecular weight excluding hydrogens is 509 g/mol. The number of rotatable bonds is 4. The normalized spacial score (nSPS) is 25.5. The third-order valence-corrected chi connectivity index (χ3v) is 9.15. The average Bonchev–Trinajstić information content (AvgIpc) is 3.41. The summed E-state index contributed by atoms with van der Waals surface area (Å²) in [4.78, 5) is 34.7. The Morgan fingerprint density at radius 3 is 2.48 bits per heavy atom. The number of hydrogen-bond donors (Lipinski definition) is 1. The number of halogens is 2. The van der Waals surface area contributed by atoms with E-state index in [-0.39, 0.29) is 18.4 Å². The molecule has 2 aromatic carbocycles. The van der Waals surface area contributed by atoms with E-state index in [4.69, 9.17) is 0 Å². The molecule has 8 heteroatoms. The quantitative estimate of drug-likeness (QED) is 0.514. The maximum Gasteiger partial charge on any atom is 0.243 e. The minimum Gasteiger partial charge on any atom is -0.327 e. The fourth-order valence-corrected chi connectivity index (χ4v) is 6.54. The van der Waals surface area contributed by atoms with Crippen LogP contribution in [-0.2, 0) is 33.4 Å². The lowest BCUT2D eigenvalue weighted by molar-refractivity contribution is -0.159. The zero-order valence-corrected chi connectivity index (χ0v) is 23.1. The molecule has 6 nitrogen and oxygen atoms in total. The summed E-state index contributed by atoms with van der Waals surface area (Å²) in [5.74, 6) is -0.831. The molecule has 1 N–H and O–H groups in total. The molecule has 1 aromatic heterocycles. The Bertz CT molecular complexity index is 1560. The van der Waals surface area contributed by atoms with Gasteiger partial charge in [-0.2, -0.15) is 0 Å². The van der Waals surface area contributed by atoms with E-state index in [0.717, 1.165) is 28.3 Å². The van der Waals surface area contributed by atoms with Crippen molar-refractivity contribution in [3.8, 4) is 0 Å². The maximum atomic E-state index is 14.2. The highest BCUT2D eigenvalue weighted by atomic mass is 19.1. The van der Waals surface area contributed by atoms with Gasteiger partial charge in [0.2, 0.25) is 11.8 Å². The number of piperazine rings is 1. The van der Waals surface area contributed by atoms with Crippen LogP contribution < -0.4 is 5.32 Å². The number of fused-ring (bicyclic) bond motifs is 3. The van der Waals surface area contributed by atoms with Gasteiger partial charge in [0.05, 0.1) is 16.5 Å². The van der Waals surface area contributed by atoms with Crippen LogP contribution in [0.15, 0.2) is 60.8 Å². The summed E-state index contributed by atoms with van der Waals surface area (Å²) in [6, 6.07) is 13.5. The largest absolute Gasteiger partial charge is 0.327 e. The fraction of sp³-hybridized carbons (Fsp3) is 0.344. The van der Waals surface area contributed by atoms with Crippen molar-refractivity contribution in [2.75, 3.05) is 25.5 Å². The van der Waals surface area contributed by atoms with E-state index < -0.39 is 28.1 Å². The number of carbonyl (C=O) groups is 2. The van der Waals surface area contributed by atoms with E-state index in [9.17, 15) is 18.4 Å². The predicted octanol–water partition coefficient (Wildman–Crippen LogP) is 4.83. The lowest BCUT2D eigenvalue weighted by Gasteiger charge is -2.54. The highest BCUT2D eigenvalue weighted by Crippen LogP contribution is 2.46. The summed E-state index contributed by atoms with van der Waals surface area (Å²) >= 11 is 0. The van der Waals surface area contributed by atoms with Crippen molar-refractivity contribution in [1.29, 1.82) is 0 Å². The van der Waals surface area contributed by atoms with Gasteiger partial charge in [-0.05, 0) is 81.1 Å². The summed E-state index contributed by atoms with van der Waals surface area (Å²) in [5.41, 5.74) is 2.24. The van der Waals surface area contributed by atoms with E-state index >= 15 is 0 Å². The second kappa shape index (κ2) is 9.06. The van der Waals surface area contributed by atoms with Gasteiger partial charge in [-0.15, -0.1) is 0 Å². The summed E-state index contributed by atoms with van der Waals surface area (Å²) in [5, 5.41) is 2.94. The monoisotopic (exact) mass is 541 g/mol. The minimum absolute atomic E-state index is 0.0150. The summed E-state index contributed by atoms with van der Waals surface area (Å²) in [7, 11) is 1.86. The first-order chi connectivity index (χ1) is 18.9. The Morgan fingerprint density at radius 2 is 1.73 bits per heavy atom. The fourth-order valence-electron chi connectivity index (χ4n) is 6.54. The summed E-state index contributed by atoms with van der Waals surface area (Å²) in [6.45, 7) is 6.27. The lowest BCUT2D eigenvalue weighted by Crippen LogP contribution is -2.69. The van der Waals surface area contributed by atoms with Crippen LogP contribution in [0.5, 0.6) is 0 Å². The van der Waals surface area contributed by atoms with E-state index in [1.807, 2.05) is 63.1 Å². The number of hydrogen-bond acceptors (Lipinski definition) is 4. The van der Waals surface area contributed by atoms with Gasteiger partial charge in [-0.3, -0.25) is 14.5 Å². The topological polar surface area (TPSA) is 65.5 Å². The molecule has 206 valence electrons. The maximum absolute atomic E-state index is 14.2. The van der Waals surface area contributed by atoms with Crippen molar-refractivity contribution in [2.24, 2.45) is 0 Å². The van der Waals surface area contributed by atoms with Crippen LogP contribution >= 0.6 is 0 Å². The molecule has 0 radical (unpaired) electrons. The van der Waals surface area contributed by atoms with Crippen molar-refractivity contribution >= 4 is 23.7 Å². The standard InChI is InChI=1S/C32H32F2N4O2/c1-30(2)29(40)38(31(3,19-37(30)4)23-14-24(33)16-25(34)15-23)12-6-7-20-9-10-21-17-32(18-22(21)13-20)26-8-5-11-35-27(26)36-28(32)39/h5-11,13-16H,12,17-19H2,1-4H3,(H,35,36,39)/t31-,32+/m0/s1/i4-1. The van der Waals surface area contributed by atoms with E-state index in [1.54, 1.807) is 11.1 Å². The second-order valence-electron chi connectivity index (χ2n) is 12.0. The van der Waals surface area contributed by atoms with Gasteiger partial charge in [-0.25, -0.2) is 13.8 Å². The molecule has 40 heavy (non-hydrogen) atoms. The number of likely N-dealkylation sites (N-methyl/N-ethyl adjacent to an activating group) is 1. The third kappa shape index (κ3) is 3.96. The molecule has 3 heterocycles. The highest BCUT2D eigenvalue weighted by Gasteiger charge is 2.52. The van der Waals surface area contributed by atoms with Gasteiger partial charge in [0.15, 0.2) is 0 Å². The SMILES string of the molecule is CC1(C)C(=O)N(CC=Cc2ccc3c(c2)C[C@@]2(C3)C(=O)Nc3ncccc32)[C@](C)(c2cc(F)cc(F)c2)CN1[11CH3]. The van der Waals surface area contributed by atoms with E-state index in [1.165, 1.54) is 12.1 Å². The van der Waals surface area contributed by atoms with Crippen LogP contribution in [0.4, 0.5) is 14.6 Å². The van der Waals surface area contributed by atoms with Gasteiger partial charge in [0.25, 0.3) is 0 Å². The van der Waals surface area contributed by atoms with Crippen molar-refractivity contribution in [1.82, 2.24) is 14.8 Å². The number of aromatic nitrogens is 1. The Morgan fingerprint density at radius 1 is 1.00 bits per heavy atom. The van der Waals surface area contributed by atoms with Crippen LogP contribution in [-0.4, -0.2) is 52.3 Å². The Hall–Kier alpha value is -3.91. The predicted molar refractivity (Wildman–Crippen MR) is 150 cm³/mol. The number of nitrogens with one attached hydrogen (secondary N) is 1. The molecule has 1 fully saturated rings. The Balaban J connectivity index is 1.27. The van der Waals surface area contributed by atoms with Crippen molar-refractivity contribution < 1.29 is 18.4 Å². The number of anilines is 1. The zero-order valence-electron chi connectivity index (χ0n) is 23.1. The number of pyridine rings is 1. The molecule has 1 saturated heterocycles. The number of benzene rings is 2.